The van der Waals surface area contributed by atoms with Crippen LogP contribution in [-0.4, -0.2) is 31.5 Å². The van der Waals surface area contributed by atoms with Crippen LogP contribution < -0.4 is 5.11 Å². The van der Waals surface area contributed by atoms with Gasteiger partial charge in [-0.15, -0.1) is 6.42 Å². The molecular weight excluding hydrogens is 295 g/mol. The van der Waals surface area contributed by atoms with Gasteiger partial charge in [-0.2, -0.15) is 13.2 Å². The molecule has 17 heavy (non-hydrogen) atoms. The maximum atomic E-state index is 8.25. The summed E-state index contributed by atoms with van der Waals surface area (Å²) in [6, 6.07) is 0. The first-order valence-corrected chi connectivity index (χ1v) is 3.02. The minimum Gasteiger partial charge on any atom is -0.857 e. The fourth-order valence-electron chi connectivity index (χ4n) is 0.340. The van der Waals surface area contributed by atoms with Crippen LogP contribution in [0.3, 0.4) is 0 Å². The monoisotopic (exact) mass is 325 g/mol. The van der Waals surface area contributed by atoms with Gasteiger partial charge in [0, 0.05) is 40.4 Å². The molecule has 112 valence electrons. The Hall–Kier alpha value is 0.243. The zero-order valence-electron chi connectivity index (χ0n) is 12.7. The van der Waals surface area contributed by atoms with Crippen molar-refractivity contribution in [3.63, 3.8) is 0 Å². The molecule has 0 unspecified atom stereocenters. The van der Waals surface area contributed by atoms with Gasteiger partial charge in [-0.25, -0.2) is 12.2 Å². The van der Waals surface area contributed by atoms with Crippen molar-refractivity contribution in [1.29, 1.82) is 0 Å². The molecule has 0 fully saturated rings. The van der Waals surface area contributed by atoms with Crippen LogP contribution >= 0.6 is 0 Å². The van der Waals surface area contributed by atoms with Gasteiger partial charge in [0.15, 0.2) is 0 Å². The Labute approximate surface area is 130 Å². The number of hydrogen-bond donors (Lipinski definition) is 2. The van der Waals surface area contributed by atoms with Gasteiger partial charge in [0.1, 0.15) is 0 Å². The molecule has 0 radical (unpaired) electrons. The standard InChI is InChI=1S/C5H5.2CH4O.CH3O.5CH3.Zr/c1-2-4-5-3-1;3*1-2;;;;;;/h1-3H,4H2;2*2H,1H3;1H3;5*1H3;/q-1;;;6*-1;. The van der Waals surface area contributed by atoms with Gasteiger partial charge in [0.05, 0.1) is 0 Å². The van der Waals surface area contributed by atoms with Gasteiger partial charge < -0.3 is 52.5 Å². The Balaban J connectivity index is -0.00000000705. The molecular formula is C13H31O3Zr-7. The van der Waals surface area contributed by atoms with E-state index in [9.17, 15) is 0 Å². The number of hydrogen-bond acceptors (Lipinski definition) is 3. The van der Waals surface area contributed by atoms with Crippen molar-refractivity contribution < 1.29 is 41.5 Å². The molecule has 0 saturated heterocycles. The summed E-state index contributed by atoms with van der Waals surface area (Å²) in [5.74, 6) is 0. The van der Waals surface area contributed by atoms with Crippen molar-refractivity contribution in [2.45, 2.75) is 6.42 Å². The molecule has 0 atom stereocenters. The predicted octanol–water partition coefficient (Wildman–Crippen LogP) is 1.75. The van der Waals surface area contributed by atoms with Crippen molar-refractivity contribution in [2.24, 2.45) is 0 Å². The molecule has 0 aromatic carbocycles. The molecule has 0 saturated carbocycles. The average Bonchev–Trinajstić information content (AvgIpc) is 2.71. The normalized spacial score (nSPS) is 6.24. The summed E-state index contributed by atoms with van der Waals surface area (Å²) in [6.45, 7) is 0. The van der Waals surface area contributed by atoms with E-state index in [4.69, 9.17) is 15.3 Å². The molecule has 2 N–H and O–H groups in total. The number of allylic oxidation sites excluding steroid dienone is 4. The third-order valence-corrected chi connectivity index (χ3v) is 0.586. The molecule has 0 aromatic heterocycles. The largest absolute Gasteiger partial charge is 0.857 e. The first-order chi connectivity index (χ1) is 5.50. The van der Waals surface area contributed by atoms with Gasteiger partial charge in [0.2, 0.25) is 0 Å². The molecule has 0 spiro atoms. The quantitative estimate of drug-likeness (QED) is 0.667. The second kappa shape index (κ2) is 137. The Morgan fingerprint density at radius 3 is 1.24 bits per heavy atom. The SMILES string of the molecule is CO.CO.C[O-].[C-]1=CC=CC1.[CH3-].[CH3-].[CH3-].[CH3-].[CH3-].[Zr]. The first kappa shape index (κ1) is 67.0. The first-order valence-electron chi connectivity index (χ1n) is 3.02. The van der Waals surface area contributed by atoms with Crippen LogP contribution in [0.25, 0.3) is 0 Å². The number of rotatable bonds is 0. The van der Waals surface area contributed by atoms with Crippen LogP contribution in [0.15, 0.2) is 18.2 Å². The molecule has 1 rings (SSSR count). The molecule has 0 aromatic rings. The Bertz CT molecular complexity index is 74.7. The number of aliphatic hydroxyl groups excluding tert-OH is 2. The average molecular weight is 327 g/mol. The van der Waals surface area contributed by atoms with Gasteiger partial charge in [0.25, 0.3) is 0 Å². The van der Waals surface area contributed by atoms with Crippen LogP contribution in [0.2, 0.25) is 0 Å². The van der Waals surface area contributed by atoms with E-state index in [-0.39, 0.29) is 63.3 Å². The maximum absolute atomic E-state index is 8.25. The summed E-state index contributed by atoms with van der Waals surface area (Å²) < 4.78 is 0. The summed E-state index contributed by atoms with van der Waals surface area (Å²) in [7, 11) is 2.75. The summed E-state index contributed by atoms with van der Waals surface area (Å²) >= 11 is 0. The topological polar surface area (TPSA) is 63.5 Å². The minimum atomic E-state index is 0. The molecule has 3 nitrogen and oxygen atoms in total. The van der Waals surface area contributed by atoms with E-state index in [1.807, 2.05) is 12.2 Å². The zero-order valence-corrected chi connectivity index (χ0v) is 15.2. The van der Waals surface area contributed by atoms with E-state index in [2.05, 4.69) is 12.2 Å². The van der Waals surface area contributed by atoms with Crippen molar-refractivity contribution in [2.75, 3.05) is 21.3 Å². The smallest absolute Gasteiger partial charge is 0.0319 e. The molecule has 4 heteroatoms. The molecule has 0 bridgehead atoms. The van der Waals surface area contributed by atoms with Crippen LogP contribution in [-0.2, 0) is 26.2 Å². The Kier molecular flexibility index (Phi) is 541. The summed E-state index contributed by atoms with van der Waals surface area (Å²) in [6.07, 6.45) is 10.0. The number of aliphatic hydroxyl groups is 2. The second-order valence-corrected chi connectivity index (χ2v) is 1.00. The van der Waals surface area contributed by atoms with E-state index < -0.39 is 0 Å². The molecule has 0 amide bonds. The fourth-order valence-corrected chi connectivity index (χ4v) is 0.340. The van der Waals surface area contributed by atoms with Crippen LogP contribution in [0.1, 0.15) is 6.42 Å². The van der Waals surface area contributed by atoms with Gasteiger partial charge in [-0.1, -0.05) is 0 Å². The van der Waals surface area contributed by atoms with Crippen molar-refractivity contribution in [1.82, 2.24) is 0 Å². The third-order valence-electron chi connectivity index (χ3n) is 0.586. The Morgan fingerprint density at radius 2 is 1.18 bits per heavy atom. The molecule has 0 aliphatic heterocycles. The molecule has 1 aliphatic rings. The van der Waals surface area contributed by atoms with E-state index in [1.54, 1.807) is 0 Å². The third kappa shape index (κ3) is 120. The predicted molar refractivity (Wildman–Crippen MR) is 75.8 cm³/mol. The van der Waals surface area contributed by atoms with Gasteiger partial charge >= 0.3 is 0 Å². The van der Waals surface area contributed by atoms with E-state index in [0.29, 0.717) is 0 Å². The van der Waals surface area contributed by atoms with Crippen molar-refractivity contribution >= 4 is 0 Å². The zero-order chi connectivity index (χ0) is 9.54. The van der Waals surface area contributed by atoms with Gasteiger partial charge in [-0.05, 0) is 0 Å². The fraction of sp³-hybridized carbons (Fsp3) is 0.308. The minimum absolute atomic E-state index is 0. The van der Waals surface area contributed by atoms with Crippen LogP contribution in [0.5, 0.6) is 0 Å². The van der Waals surface area contributed by atoms with Crippen molar-refractivity contribution in [3.05, 3.63) is 61.4 Å². The molecule has 1 aliphatic carbocycles. The van der Waals surface area contributed by atoms with E-state index in [1.165, 1.54) is 0 Å². The van der Waals surface area contributed by atoms with Crippen molar-refractivity contribution in [3.8, 4) is 0 Å². The van der Waals surface area contributed by atoms with Gasteiger partial charge in [-0.3, -0.25) is 6.08 Å². The summed E-state index contributed by atoms with van der Waals surface area (Å²) in [4.78, 5) is 0. The second-order valence-electron chi connectivity index (χ2n) is 1.00. The Morgan fingerprint density at radius 1 is 0.882 bits per heavy atom. The van der Waals surface area contributed by atoms with E-state index >= 15 is 0 Å². The summed E-state index contributed by atoms with van der Waals surface area (Å²) in [5, 5.41) is 22.2. The van der Waals surface area contributed by atoms with Crippen LogP contribution in [0, 0.1) is 43.2 Å². The van der Waals surface area contributed by atoms with E-state index in [0.717, 1.165) is 27.8 Å². The maximum Gasteiger partial charge on any atom is 0.0319 e. The molecule has 0 heterocycles. The summed E-state index contributed by atoms with van der Waals surface area (Å²) in [5.41, 5.74) is 0. The van der Waals surface area contributed by atoms with Crippen LogP contribution in [0.4, 0.5) is 0 Å².